The van der Waals surface area contributed by atoms with Gasteiger partial charge in [-0.3, -0.25) is 4.99 Å². The highest BCUT2D eigenvalue weighted by Crippen LogP contribution is 2.20. The molecule has 7 heteroatoms. The quantitative estimate of drug-likeness (QED) is 0.289. The van der Waals surface area contributed by atoms with Crippen LogP contribution < -0.4 is 15.4 Å². The zero-order valence-corrected chi connectivity index (χ0v) is 20.0. The molecular formula is C21H37IN4O2. The average molecular weight is 504 g/mol. The normalized spacial score (nSPS) is 19.1. The van der Waals surface area contributed by atoms with Crippen molar-refractivity contribution in [3.63, 3.8) is 0 Å². The molecule has 2 unspecified atom stereocenters. The van der Waals surface area contributed by atoms with E-state index in [2.05, 4.69) is 34.5 Å². The summed E-state index contributed by atoms with van der Waals surface area (Å²) in [5.74, 6) is 2.18. The maximum atomic E-state index is 10.5. The van der Waals surface area contributed by atoms with E-state index in [4.69, 9.17) is 4.74 Å². The number of halogens is 1. The average Bonchev–Trinajstić information content (AvgIpc) is 2.63. The van der Waals surface area contributed by atoms with Crippen LogP contribution >= 0.6 is 24.0 Å². The number of hydrogen-bond donors (Lipinski definition) is 3. The molecule has 1 aliphatic rings. The Balaban J connectivity index is 0.00000392. The third-order valence-corrected chi connectivity index (χ3v) is 4.66. The Morgan fingerprint density at radius 2 is 2.14 bits per heavy atom. The van der Waals surface area contributed by atoms with Crippen LogP contribution in [0.15, 0.2) is 29.3 Å². The second kappa shape index (κ2) is 13.2. The van der Waals surface area contributed by atoms with E-state index in [1.54, 1.807) is 0 Å². The third kappa shape index (κ3) is 8.96. The first-order valence-electron chi connectivity index (χ1n) is 10.1. The first kappa shape index (κ1) is 25.0. The summed E-state index contributed by atoms with van der Waals surface area (Å²) in [5, 5.41) is 17.2. The molecule has 0 radical (unpaired) electrons. The molecular weight excluding hydrogens is 467 g/mol. The Morgan fingerprint density at radius 1 is 1.36 bits per heavy atom. The molecule has 0 amide bonds. The molecule has 0 bridgehead atoms. The lowest BCUT2D eigenvalue weighted by Gasteiger charge is -2.30. The van der Waals surface area contributed by atoms with E-state index in [0.29, 0.717) is 12.5 Å². The summed E-state index contributed by atoms with van der Waals surface area (Å²) in [6.45, 7) is 10.4. The minimum Gasteiger partial charge on any atom is -0.491 e. The van der Waals surface area contributed by atoms with Crippen LogP contribution in [0.5, 0.6) is 5.75 Å². The van der Waals surface area contributed by atoms with Crippen LogP contribution in [-0.2, 0) is 0 Å². The maximum Gasteiger partial charge on any atom is 0.191 e. The van der Waals surface area contributed by atoms with Crippen molar-refractivity contribution in [1.29, 1.82) is 0 Å². The number of nitrogens with zero attached hydrogens (tertiary/aromatic N) is 2. The predicted octanol–water partition coefficient (Wildman–Crippen LogP) is 3.02. The van der Waals surface area contributed by atoms with Crippen LogP contribution in [0.2, 0.25) is 0 Å². The van der Waals surface area contributed by atoms with E-state index in [1.807, 2.05) is 38.1 Å². The number of aliphatic imine (C=N–C) groups is 1. The van der Waals surface area contributed by atoms with Crippen molar-refractivity contribution in [1.82, 2.24) is 15.5 Å². The SMILES string of the molecule is CCNC(=NCC(O)c1cccc(OC(C)C)c1)NCC1CCCN(C)C1.I. The van der Waals surface area contributed by atoms with Gasteiger partial charge in [-0.1, -0.05) is 12.1 Å². The number of aliphatic hydroxyl groups excluding tert-OH is 1. The topological polar surface area (TPSA) is 69.1 Å². The fourth-order valence-electron chi connectivity index (χ4n) is 3.37. The number of ether oxygens (including phenoxy) is 1. The van der Waals surface area contributed by atoms with Crippen LogP contribution in [0.4, 0.5) is 0 Å². The lowest BCUT2D eigenvalue weighted by molar-refractivity contribution is 0.185. The van der Waals surface area contributed by atoms with Gasteiger partial charge in [0.05, 0.1) is 18.8 Å². The van der Waals surface area contributed by atoms with Gasteiger partial charge in [0.1, 0.15) is 5.75 Å². The first-order valence-corrected chi connectivity index (χ1v) is 10.1. The zero-order chi connectivity index (χ0) is 19.6. The van der Waals surface area contributed by atoms with Crippen molar-refractivity contribution < 1.29 is 9.84 Å². The Labute approximate surface area is 187 Å². The molecule has 28 heavy (non-hydrogen) atoms. The van der Waals surface area contributed by atoms with Crippen molar-refractivity contribution in [3.8, 4) is 5.75 Å². The van der Waals surface area contributed by atoms with Crippen molar-refractivity contribution in [2.45, 2.75) is 45.8 Å². The summed E-state index contributed by atoms with van der Waals surface area (Å²) in [7, 11) is 2.18. The molecule has 3 N–H and O–H groups in total. The second-order valence-electron chi connectivity index (χ2n) is 7.63. The van der Waals surface area contributed by atoms with Crippen molar-refractivity contribution in [2.75, 3.05) is 39.8 Å². The van der Waals surface area contributed by atoms with Gasteiger partial charge in [-0.15, -0.1) is 24.0 Å². The summed E-state index contributed by atoms with van der Waals surface area (Å²) >= 11 is 0. The van der Waals surface area contributed by atoms with Crippen molar-refractivity contribution in [2.24, 2.45) is 10.9 Å². The van der Waals surface area contributed by atoms with Gasteiger partial charge in [-0.2, -0.15) is 0 Å². The molecule has 1 aromatic carbocycles. The van der Waals surface area contributed by atoms with Crippen molar-refractivity contribution in [3.05, 3.63) is 29.8 Å². The van der Waals surface area contributed by atoms with E-state index in [1.165, 1.54) is 19.4 Å². The van der Waals surface area contributed by atoms with Crippen LogP contribution in [-0.4, -0.2) is 61.8 Å². The molecule has 2 atom stereocenters. The lowest BCUT2D eigenvalue weighted by Crippen LogP contribution is -2.43. The van der Waals surface area contributed by atoms with Crippen molar-refractivity contribution >= 4 is 29.9 Å². The number of hydrogen-bond acceptors (Lipinski definition) is 4. The van der Waals surface area contributed by atoms with Gasteiger partial charge in [0.25, 0.3) is 0 Å². The molecule has 1 aromatic rings. The van der Waals surface area contributed by atoms with Crippen LogP contribution in [0.25, 0.3) is 0 Å². The molecule has 0 spiro atoms. The van der Waals surface area contributed by atoms with Gasteiger partial charge in [-0.25, -0.2) is 0 Å². The smallest absolute Gasteiger partial charge is 0.191 e. The molecule has 1 saturated heterocycles. The highest BCUT2D eigenvalue weighted by Gasteiger charge is 2.17. The Bertz CT molecular complexity index is 598. The van der Waals surface area contributed by atoms with Gasteiger partial charge < -0.3 is 25.4 Å². The highest BCUT2D eigenvalue weighted by molar-refractivity contribution is 14.0. The Kier molecular flexibility index (Phi) is 11.8. The van der Waals surface area contributed by atoms with E-state index < -0.39 is 6.10 Å². The molecule has 2 rings (SSSR count). The second-order valence-corrected chi connectivity index (χ2v) is 7.63. The maximum absolute atomic E-state index is 10.5. The number of rotatable bonds is 8. The molecule has 160 valence electrons. The van der Waals surface area contributed by atoms with Crippen LogP contribution in [0.1, 0.15) is 45.3 Å². The molecule has 1 heterocycles. The van der Waals surface area contributed by atoms with Gasteiger partial charge in [0, 0.05) is 19.6 Å². The fraction of sp³-hybridized carbons (Fsp3) is 0.667. The first-order chi connectivity index (χ1) is 13.0. The molecule has 0 aromatic heterocycles. The summed E-state index contributed by atoms with van der Waals surface area (Å²) in [4.78, 5) is 6.96. The summed E-state index contributed by atoms with van der Waals surface area (Å²) in [6.07, 6.45) is 1.96. The Hall–Kier alpha value is -1.06. The van der Waals surface area contributed by atoms with Crippen LogP contribution in [0, 0.1) is 5.92 Å². The number of guanidine groups is 1. The number of piperidine rings is 1. The van der Waals surface area contributed by atoms with E-state index >= 15 is 0 Å². The fourth-order valence-corrected chi connectivity index (χ4v) is 3.37. The Morgan fingerprint density at radius 3 is 2.82 bits per heavy atom. The van der Waals surface area contributed by atoms with E-state index in [9.17, 15) is 5.11 Å². The van der Waals surface area contributed by atoms with E-state index in [-0.39, 0.29) is 30.1 Å². The summed E-state index contributed by atoms with van der Waals surface area (Å²) in [5.41, 5.74) is 0.821. The van der Waals surface area contributed by atoms with E-state index in [0.717, 1.165) is 36.9 Å². The number of likely N-dealkylation sites (tertiary alicyclic amines) is 1. The predicted molar refractivity (Wildman–Crippen MR) is 127 cm³/mol. The van der Waals surface area contributed by atoms with Gasteiger partial charge >= 0.3 is 0 Å². The number of aliphatic hydroxyl groups is 1. The van der Waals surface area contributed by atoms with Crippen LogP contribution in [0.3, 0.4) is 0 Å². The standard InChI is InChI=1S/C21H36N4O2.HI/c1-5-22-21(23-13-17-8-7-11-25(4)15-17)24-14-20(26)18-9-6-10-19(12-18)27-16(2)3;/h6,9-10,12,16-17,20,26H,5,7-8,11,13-15H2,1-4H3,(H2,22,23,24);1H. The molecule has 0 saturated carbocycles. The molecule has 6 nitrogen and oxygen atoms in total. The minimum atomic E-state index is -0.656. The van der Waals surface area contributed by atoms with Gasteiger partial charge in [-0.05, 0) is 70.8 Å². The summed E-state index contributed by atoms with van der Waals surface area (Å²) in [6, 6.07) is 7.61. The van der Waals surface area contributed by atoms with Gasteiger partial charge in [0.15, 0.2) is 5.96 Å². The lowest BCUT2D eigenvalue weighted by atomic mass is 9.99. The minimum absolute atomic E-state index is 0. The third-order valence-electron chi connectivity index (χ3n) is 4.66. The molecule has 1 fully saturated rings. The highest BCUT2D eigenvalue weighted by atomic mass is 127. The molecule has 1 aliphatic heterocycles. The molecule has 0 aliphatic carbocycles. The summed E-state index contributed by atoms with van der Waals surface area (Å²) < 4.78 is 5.71. The zero-order valence-electron chi connectivity index (χ0n) is 17.6. The number of nitrogens with one attached hydrogen (secondary N) is 2. The largest absolute Gasteiger partial charge is 0.491 e. The van der Waals surface area contributed by atoms with Gasteiger partial charge in [0.2, 0.25) is 0 Å². The number of benzene rings is 1. The monoisotopic (exact) mass is 504 g/mol.